The predicted octanol–water partition coefficient (Wildman–Crippen LogP) is 1.83. The van der Waals surface area contributed by atoms with Crippen LogP contribution in [-0.2, 0) is 23.6 Å². The van der Waals surface area contributed by atoms with Crippen molar-refractivity contribution in [2.45, 2.75) is 32.2 Å². The molecular formula is C15H21N3O3S. The lowest BCUT2D eigenvalue weighted by Gasteiger charge is -2.11. The van der Waals surface area contributed by atoms with Crippen molar-refractivity contribution in [3.05, 3.63) is 40.7 Å². The van der Waals surface area contributed by atoms with E-state index in [2.05, 4.69) is 9.82 Å². The minimum absolute atomic E-state index is 0.222. The van der Waals surface area contributed by atoms with E-state index in [1.165, 1.54) is 0 Å². The Labute approximate surface area is 131 Å². The molecule has 0 spiro atoms. The summed E-state index contributed by atoms with van der Waals surface area (Å²) in [6, 6.07) is 4.90. The van der Waals surface area contributed by atoms with Crippen LogP contribution in [0.4, 0.5) is 0 Å². The van der Waals surface area contributed by atoms with E-state index in [1.54, 1.807) is 36.9 Å². The van der Waals surface area contributed by atoms with Crippen molar-refractivity contribution in [1.82, 2.24) is 14.5 Å². The minimum Gasteiger partial charge on any atom is -0.497 e. The third-order valence-electron chi connectivity index (χ3n) is 3.77. The number of ether oxygens (including phenoxy) is 1. The highest BCUT2D eigenvalue weighted by atomic mass is 32.2. The van der Waals surface area contributed by atoms with Gasteiger partial charge >= 0.3 is 0 Å². The maximum atomic E-state index is 12.5. The van der Waals surface area contributed by atoms with E-state index in [0.717, 1.165) is 17.0 Å². The molecule has 6 nitrogen and oxygen atoms in total. The van der Waals surface area contributed by atoms with Crippen molar-refractivity contribution < 1.29 is 13.2 Å². The number of aromatic nitrogens is 2. The van der Waals surface area contributed by atoms with Crippen LogP contribution in [0.1, 0.15) is 22.5 Å². The van der Waals surface area contributed by atoms with Crippen LogP contribution in [-0.4, -0.2) is 25.3 Å². The normalized spacial score (nSPS) is 11.7. The first-order valence-electron chi connectivity index (χ1n) is 6.89. The van der Waals surface area contributed by atoms with Gasteiger partial charge in [-0.1, -0.05) is 0 Å². The maximum Gasteiger partial charge on any atom is 0.241 e. The molecule has 22 heavy (non-hydrogen) atoms. The molecular weight excluding hydrogens is 302 g/mol. The first-order chi connectivity index (χ1) is 10.3. The molecule has 0 radical (unpaired) electrons. The zero-order chi connectivity index (χ0) is 16.5. The number of nitrogens with zero attached hydrogens (tertiary/aromatic N) is 2. The van der Waals surface area contributed by atoms with Crippen molar-refractivity contribution in [2.24, 2.45) is 7.05 Å². The van der Waals surface area contributed by atoms with Crippen LogP contribution in [0.5, 0.6) is 5.75 Å². The summed E-state index contributed by atoms with van der Waals surface area (Å²) in [6.45, 7) is 5.76. The number of nitrogens with one attached hydrogen (secondary N) is 1. The van der Waals surface area contributed by atoms with Gasteiger partial charge in [-0.2, -0.15) is 5.10 Å². The Balaban J connectivity index is 2.25. The fourth-order valence-corrected chi connectivity index (χ4v) is 3.59. The van der Waals surface area contributed by atoms with Gasteiger partial charge in [-0.05, 0) is 44.5 Å². The zero-order valence-electron chi connectivity index (χ0n) is 13.5. The molecule has 0 bridgehead atoms. The Kier molecular flexibility index (Phi) is 4.58. The van der Waals surface area contributed by atoms with Gasteiger partial charge in [0.25, 0.3) is 0 Å². The summed E-state index contributed by atoms with van der Waals surface area (Å²) < 4.78 is 34.4. The quantitative estimate of drug-likeness (QED) is 0.911. The minimum atomic E-state index is -3.58. The standard InChI is InChI=1S/C15H21N3O3S/c1-10-8-13(21-5)6-7-15(10)22(19,20)16-9-14-11(2)17-18(4)12(14)3/h6-8,16H,9H2,1-5H3. The Morgan fingerprint density at radius 1 is 1.27 bits per heavy atom. The average molecular weight is 323 g/mol. The Bertz CT molecular complexity index is 795. The molecule has 0 aliphatic carbocycles. The van der Waals surface area contributed by atoms with E-state index in [9.17, 15) is 8.42 Å². The van der Waals surface area contributed by atoms with Crippen LogP contribution in [0, 0.1) is 20.8 Å². The maximum absolute atomic E-state index is 12.5. The van der Waals surface area contributed by atoms with Gasteiger partial charge in [-0.25, -0.2) is 13.1 Å². The van der Waals surface area contributed by atoms with Crippen LogP contribution in [0.3, 0.4) is 0 Å². The number of hydrogen-bond acceptors (Lipinski definition) is 4. The van der Waals surface area contributed by atoms with Crippen molar-refractivity contribution >= 4 is 10.0 Å². The highest BCUT2D eigenvalue weighted by Gasteiger charge is 2.19. The van der Waals surface area contributed by atoms with Gasteiger partial charge < -0.3 is 4.74 Å². The number of hydrogen-bond donors (Lipinski definition) is 1. The first kappa shape index (κ1) is 16.5. The molecule has 1 aromatic heterocycles. The molecule has 1 heterocycles. The number of methoxy groups -OCH3 is 1. The second-order valence-corrected chi connectivity index (χ2v) is 6.96. The molecule has 0 fully saturated rings. The van der Waals surface area contributed by atoms with Gasteiger partial charge in [0.1, 0.15) is 5.75 Å². The van der Waals surface area contributed by atoms with Crippen LogP contribution in [0.2, 0.25) is 0 Å². The van der Waals surface area contributed by atoms with E-state index in [-0.39, 0.29) is 11.4 Å². The Hall–Kier alpha value is -1.86. The fourth-order valence-electron chi connectivity index (χ4n) is 2.37. The van der Waals surface area contributed by atoms with Gasteiger partial charge in [0, 0.05) is 24.8 Å². The largest absolute Gasteiger partial charge is 0.497 e. The van der Waals surface area contributed by atoms with E-state index >= 15 is 0 Å². The lowest BCUT2D eigenvalue weighted by molar-refractivity contribution is 0.414. The van der Waals surface area contributed by atoms with Gasteiger partial charge in [0.05, 0.1) is 17.7 Å². The Morgan fingerprint density at radius 3 is 2.45 bits per heavy atom. The summed E-state index contributed by atoms with van der Waals surface area (Å²) in [4.78, 5) is 0.257. The molecule has 1 N–H and O–H groups in total. The lowest BCUT2D eigenvalue weighted by Crippen LogP contribution is -2.24. The SMILES string of the molecule is COc1ccc(S(=O)(=O)NCc2c(C)nn(C)c2C)c(C)c1. The molecule has 0 aliphatic heterocycles. The zero-order valence-corrected chi connectivity index (χ0v) is 14.3. The van der Waals surface area contributed by atoms with Gasteiger partial charge in [-0.3, -0.25) is 4.68 Å². The first-order valence-corrected chi connectivity index (χ1v) is 8.38. The molecule has 0 saturated heterocycles. The molecule has 0 unspecified atom stereocenters. The van der Waals surface area contributed by atoms with E-state index < -0.39 is 10.0 Å². The van der Waals surface area contributed by atoms with Crippen LogP contribution in [0.25, 0.3) is 0 Å². The Morgan fingerprint density at radius 2 is 1.95 bits per heavy atom. The molecule has 120 valence electrons. The molecule has 1 aromatic carbocycles. The topological polar surface area (TPSA) is 73.2 Å². The number of sulfonamides is 1. The molecule has 2 rings (SSSR count). The van der Waals surface area contributed by atoms with Crippen LogP contribution in [0.15, 0.2) is 23.1 Å². The van der Waals surface area contributed by atoms with Crippen molar-refractivity contribution in [2.75, 3.05) is 7.11 Å². The summed E-state index contributed by atoms with van der Waals surface area (Å²) in [5, 5.41) is 4.29. The number of aryl methyl sites for hydroxylation is 3. The summed E-state index contributed by atoms with van der Waals surface area (Å²) in [6.07, 6.45) is 0. The van der Waals surface area contributed by atoms with E-state index in [1.807, 2.05) is 20.9 Å². The third kappa shape index (κ3) is 3.15. The number of benzene rings is 1. The van der Waals surface area contributed by atoms with E-state index in [0.29, 0.717) is 11.3 Å². The summed E-state index contributed by atoms with van der Waals surface area (Å²) in [5.74, 6) is 0.635. The molecule has 0 atom stereocenters. The lowest BCUT2D eigenvalue weighted by atomic mass is 10.2. The molecule has 0 aliphatic rings. The molecule has 7 heteroatoms. The van der Waals surface area contributed by atoms with Crippen molar-refractivity contribution in [1.29, 1.82) is 0 Å². The van der Waals surface area contributed by atoms with Crippen molar-refractivity contribution in [3.8, 4) is 5.75 Å². The van der Waals surface area contributed by atoms with E-state index in [4.69, 9.17) is 4.74 Å². The molecule has 2 aromatic rings. The summed E-state index contributed by atoms with van der Waals surface area (Å²) >= 11 is 0. The number of rotatable bonds is 5. The van der Waals surface area contributed by atoms with Gasteiger partial charge in [-0.15, -0.1) is 0 Å². The average Bonchev–Trinajstić information content (AvgIpc) is 2.69. The van der Waals surface area contributed by atoms with Gasteiger partial charge in [0.2, 0.25) is 10.0 Å². The highest BCUT2D eigenvalue weighted by Crippen LogP contribution is 2.21. The smallest absolute Gasteiger partial charge is 0.241 e. The highest BCUT2D eigenvalue weighted by molar-refractivity contribution is 7.89. The molecule has 0 saturated carbocycles. The summed E-state index contributed by atoms with van der Waals surface area (Å²) in [7, 11) is -0.189. The monoisotopic (exact) mass is 323 g/mol. The second kappa shape index (κ2) is 6.10. The summed E-state index contributed by atoms with van der Waals surface area (Å²) in [5.41, 5.74) is 3.32. The second-order valence-electron chi connectivity index (χ2n) is 5.23. The van der Waals surface area contributed by atoms with Crippen molar-refractivity contribution in [3.63, 3.8) is 0 Å². The van der Waals surface area contributed by atoms with Crippen LogP contribution >= 0.6 is 0 Å². The third-order valence-corrected chi connectivity index (χ3v) is 5.33. The molecule has 0 amide bonds. The predicted molar refractivity (Wildman–Crippen MR) is 84.4 cm³/mol. The fraction of sp³-hybridized carbons (Fsp3) is 0.400. The van der Waals surface area contributed by atoms with Crippen LogP contribution < -0.4 is 9.46 Å². The van der Waals surface area contributed by atoms with Gasteiger partial charge in [0.15, 0.2) is 0 Å².